The Kier molecular flexibility index (Phi) is 9.02. The van der Waals surface area contributed by atoms with E-state index in [-0.39, 0.29) is 12.4 Å². The lowest BCUT2D eigenvalue weighted by molar-refractivity contribution is -0.153. The van der Waals surface area contributed by atoms with Crippen molar-refractivity contribution in [1.29, 1.82) is 0 Å². The van der Waals surface area contributed by atoms with Crippen LogP contribution in [0.4, 0.5) is 23.8 Å². The number of alkyl halides is 3. The van der Waals surface area contributed by atoms with Gasteiger partial charge in [-0.2, -0.15) is 13.2 Å². The number of aryl methyl sites for hydroxylation is 1. The molecule has 0 spiro atoms. The predicted octanol–water partition coefficient (Wildman–Crippen LogP) is 5.88. The number of carbonyl (C=O) groups is 2. The van der Waals surface area contributed by atoms with Gasteiger partial charge in [0.05, 0.1) is 30.6 Å². The predicted molar refractivity (Wildman–Crippen MR) is 155 cm³/mol. The second-order valence-corrected chi connectivity index (χ2v) is 9.92. The molecule has 1 amide bonds. The third-order valence-corrected chi connectivity index (χ3v) is 6.83. The lowest BCUT2D eigenvalue weighted by Gasteiger charge is -2.26. The summed E-state index contributed by atoms with van der Waals surface area (Å²) in [4.78, 5) is 33.9. The van der Waals surface area contributed by atoms with Crippen LogP contribution in [0.25, 0.3) is 16.6 Å². The maximum Gasteiger partial charge on any atom is 0.422 e. The number of pyridine rings is 2. The number of carbonyl (C=O) groups excluding carboxylic acids is 1. The van der Waals surface area contributed by atoms with Crippen LogP contribution in [0.1, 0.15) is 30.2 Å². The van der Waals surface area contributed by atoms with Gasteiger partial charge in [0.1, 0.15) is 17.3 Å². The number of hydrogen-bond acceptors (Lipinski definition) is 7. The number of carboxylic acid groups (broad SMARTS) is 1. The van der Waals surface area contributed by atoms with Crippen LogP contribution in [0.5, 0.6) is 11.5 Å². The van der Waals surface area contributed by atoms with Crippen molar-refractivity contribution in [1.82, 2.24) is 14.5 Å². The Balaban J connectivity index is 1.34. The van der Waals surface area contributed by atoms with Crippen molar-refractivity contribution in [3.63, 3.8) is 0 Å². The molecule has 0 bridgehead atoms. The average Bonchev–Trinajstić information content (AvgIpc) is 3.41. The molecule has 4 aromatic rings. The molecule has 1 aliphatic rings. The van der Waals surface area contributed by atoms with Crippen molar-refractivity contribution >= 4 is 34.5 Å². The van der Waals surface area contributed by atoms with Crippen molar-refractivity contribution in [3.8, 4) is 11.5 Å². The van der Waals surface area contributed by atoms with Crippen LogP contribution in [-0.2, 0) is 22.4 Å². The molecule has 230 valence electrons. The largest absolute Gasteiger partial charge is 0.493 e. The summed E-state index contributed by atoms with van der Waals surface area (Å²) in [5, 5.41) is 10.3. The quantitative estimate of drug-likeness (QED) is 0.175. The molecule has 1 aromatic carbocycles. The minimum atomic E-state index is -4.52. The number of anilines is 1. The van der Waals surface area contributed by atoms with E-state index in [9.17, 15) is 27.9 Å². The zero-order valence-electron chi connectivity index (χ0n) is 23.7. The van der Waals surface area contributed by atoms with Crippen molar-refractivity contribution in [2.45, 2.75) is 32.4 Å². The third kappa shape index (κ3) is 7.28. The zero-order valence-corrected chi connectivity index (χ0v) is 23.7. The molecule has 0 fully saturated rings. The molecule has 0 atom stereocenters. The van der Waals surface area contributed by atoms with Crippen LogP contribution < -0.4 is 14.4 Å². The first kappa shape index (κ1) is 30.4. The van der Waals surface area contributed by atoms with Gasteiger partial charge in [0.15, 0.2) is 6.61 Å². The van der Waals surface area contributed by atoms with E-state index in [0.717, 1.165) is 30.0 Å². The van der Waals surface area contributed by atoms with Crippen LogP contribution in [0.15, 0.2) is 67.1 Å². The van der Waals surface area contributed by atoms with Crippen molar-refractivity contribution in [2.24, 2.45) is 0 Å². The molecular weight excluding hydrogens is 581 g/mol. The molecule has 10 nitrogen and oxygen atoms in total. The lowest BCUT2D eigenvalue weighted by Crippen LogP contribution is -2.35. The van der Waals surface area contributed by atoms with Gasteiger partial charge in [-0.1, -0.05) is 6.07 Å². The Morgan fingerprint density at radius 1 is 1.07 bits per heavy atom. The minimum Gasteiger partial charge on any atom is -0.493 e. The summed E-state index contributed by atoms with van der Waals surface area (Å²) in [6.07, 6.45) is 2.01. The number of rotatable bonds is 10. The summed E-state index contributed by atoms with van der Waals surface area (Å²) in [7, 11) is 0. The van der Waals surface area contributed by atoms with Crippen molar-refractivity contribution in [2.75, 3.05) is 31.3 Å². The van der Waals surface area contributed by atoms with E-state index in [1.165, 1.54) is 23.2 Å². The van der Waals surface area contributed by atoms with Gasteiger partial charge in [-0.05, 0) is 61.7 Å². The number of fused-ring (bicyclic) bond motifs is 2. The van der Waals surface area contributed by atoms with E-state index in [1.807, 2.05) is 24.3 Å². The summed E-state index contributed by atoms with van der Waals surface area (Å²) in [5.41, 5.74) is 2.99. The highest BCUT2D eigenvalue weighted by Crippen LogP contribution is 2.30. The highest BCUT2D eigenvalue weighted by molar-refractivity contribution is 5.95. The molecule has 13 heteroatoms. The van der Waals surface area contributed by atoms with Gasteiger partial charge in [0.2, 0.25) is 0 Å². The van der Waals surface area contributed by atoms with Crippen LogP contribution in [0.3, 0.4) is 0 Å². The van der Waals surface area contributed by atoms with Gasteiger partial charge in [-0.25, -0.2) is 14.6 Å². The number of halogens is 3. The summed E-state index contributed by atoms with van der Waals surface area (Å²) in [6, 6.07) is 12.4. The normalized spacial score (nSPS) is 13.5. The van der Waals surface area contributed by atoms with E-state index in [4.69, 9.17) is 14.2 Å². The maximum absolute atomic E-state index is 12.7. The number of ether oxygens (including phenoxy) is 3. The third-order valence-electron chi connectivity index (χ3n) is 6.83. The number of esters is 1. The highest BCUT2D eigenvalue weighted by Gasteiger charge is 2.28. The molecule has 0 aliphatic carbocycles. The number of aromatic nitrogens is 3. The Bertz CT molecular complexity index is 1700. The van der Waals surface area contributed by atoms with Crippen molar-refractivity contribution < 1.29 is 42.1 Å². The topological polar surface area (TPSA) is 116 Å². The average molecular weight is 611 g/mol. The summed E-state index contributed by atoms with van der Waals surface area (Å²) >= 11 is 0. The first-order valence-electron chi connectivity index (χ1n) is 13.9. The summed E-state index contributed by atoms with van der Waals surface area (Å²) in [6.45, 7) is 1.04. The molecule has 1 aliphatic heterocycles. The number of hydrogen-bond donors (Lipinski definition) is 1. The first-order chi connectivity index (χ1) is 21.1. The van der Waals surface area contributed by atoms with Crippen LogP contribution in [0, 0.1) is 0 Å². The highest BCUT2D eigenvalue weighted by atomic mass is 19.4. The Morgan fingerprint density at radius 2 is 1.91 bits per heavy atom. The number of benzene rings is 1. The van der Waals surface area contributed by atoms with Gasteiger partial charge < -0.3 is 23.9 Å². The van der Waals surface area contributed by atoms with Crippen molar-refractivity contribution in [3.05, 3.63) is 84.0 Å². The summed E-state index contributed by atoms with van der Waals surface area (Å²) in [5.74, 6) is 0.322. The van der Waals surface area contributed by atoms with E-state index in [1.54, 1.807) is 29.8 Å². The standard InChI is InChI=1S/C31H29F3N4O6/c1-2-42-28(39)16-27(22-15-25(18-35-17-22)44-19-31(32,33)34)37-12-9-21-14-24(7-8-26(21)37)43-13-10-23-6-5-20-4-3-11-38(30(40)41)29(20)36-23/h5-9,12,14-18H,2-4,10-11,13,19H2,1H3,(H,40,41). The van der Waals surface area contributed by atoms with Gasteiger partial charge >= 0.3 is 18.2 Å². The van der Waals surface area contributed by atoms with Gasteiger partial charge in [-0.3, -0.25) is 9.88 Å². The van der Waals surface area contributed by atoms with Crippen LogP contribution in [0.2, 0.25) is 0 Å². The van der Waals surface area contributed by atoms with E-state index in [2.05, 4.69) is 9.97 Å². The second kappa shape index (κ2) is 13.1. The molecule has 5 rings (SSSR count). The second-order valence-electron chi connectivity index (χ2n) is 9.92. The maximum atomic E-state index is 12.7. The smallest absolute Gasteiger partial charge is 0.422 e. The molecule has 0 saturated heterocycles. The molecular formula is C31H29F3N4O6. The van der Waals surface area contributed by atoms with Gasteiger partial charge in [-0.15, -0.1) is 0 Å². The molecule has 1 N–H and O–H groups in total. The number of nitrogens with zero attached hydrogens (tertiary/aromatic N) is 4. The fourth-order valence-electron chi connectivity index (χ4n) is 4.89. The molecule has 44 heavy (non-hydrogen) atoms. The zero-order chi connectivity index (χ0) is 31.3. The monoisotopic (exact) mass is 610 g/mol. The van der Waals surface area contributed by atoms with E-state index in [0.29, 0.717) is 53.6 Å². The number of amides is 1. The molecule has 0 saturated carbocycles. The van der Waals surface area contributed by atoms with Gasteiger partial charge in [0.25, 0.3) is 0 Å². The molecule has 4 heterocycles. The molecule has 3 aromatic heterocycles. The minimum absolute atomic E-state index is 0.106. The molecule has 0 unspecified atom stereocenters. The first-order valence-corrected chi connectivity index (χ1v) is 13.9. The van der Waals surface area contributed by atoms with E-state index >= 15 is 0 Å². The Hall–Kier alpha value is -5.07. The molecule has 0 radical (unpaired) electrons. The van der Waals surface area contributed by atoms with E-state index < -0.39 is 24.8 Å². The van der Waals surface area contributed by atoms with Gasteiger partial charge in [0, 0.05) is 48.1 Å². The Labute approximate surface area is 250 Å². The summed E-state index contributed by atoms with van der Waals surface area (Å²) < 4.78 is 55.7. The van der Waals surface area contributed by atoms with Crippen LogP contribution >= 0.6 is 0 Å². The Morgan fingerprint density at radius 3 is 2.68 bits per heavy atom. The van der Waals surface area contributed by atoms with Crippen LogP contribution in [-0.4, -0.2) is 64.2 Å². The fraction of sp³-hybridized carbons (Fsp3) is 0.290. The SMILES string of the molecule is CCOC(=O)C=C(c1cncc(OCC(F)(F)F)c1)n1ccc2cc(OCCc3ccc4c(n3)N(C(=O)O)CCC4)ccc21. The fourth-order valence-corrected chi connectivity index (χ4v) is 4.89. The lowest BCUT2D eigenvalue weighted by atomic mass is 10.1.